The van der Waals surface area contributed by atoms with Crippen molar-refractivity contribution in [2.75, 3.05) is 13.6 Å². The highest BCUT2D eigenvalue weighted by atomic mass is 16.3. The number of nitrogens with one attached hydrogen (secondary N) is 1. The molecule has 0 saturated heterocycles. The number of benzene rings is 1. The summed E-state index contributed by atoms with van der Waals surface area (Å²) in [6, 6.07) is 10.2. The van der Waals surface area contributed by atoms with E-state index in [0.717, 1.165) is 17.1 Å². The highest BCUT2D eigenvalue weighted by Crippen LogP contribution is 2.16. The fourth-order valence-electron chi connectivity index (χ4n) is 2.54. The lowest BCUT2D eigenvalue weighted by molar-refractivity contribution is -0.122. The van der Waals surface area contributed by atoms with Gasteiger partial charge in [-0.15, -0.1) is 0 Å². The smallest absolute Gasteiger partial charge is 0.234 e. The second-order valence-corrected chi connectivity index (χ2v) is 6.32. The lowest BCUT2D eigenvalue weighted by atomic mass is 10.0. The van der Waals surface area contributed by atoms with Crippen molar-refractivity contribution in [3.05, 3.63) is 58.5 Å². The summed E-state index contributed by atoms with van der Waals surface area (Å²) in [4.78, 5) is 14.1. The zero-order chi connectivity index (χ0) is 17.0. The van der Waals surface area contributed by atoms with Crippen molar-refractivity contribution in [1.29, 1.82) is 0 Å². The summed E-state index contributed by atoms with van der Waals surface area (Å²) in [6.07, 6.45) is 0. The van der Waals surface area contributed by atoms with Gasteiger partial charge in [-0.2, -0.15) is 0 Å². The molecule has 23 heavy (non-hydrogen) atoms. The van der Waals surface area contributed by atoms with E-state index in [2.05, 4.69) is 37.4 Å². The van der Waals surface area contributed by atoms with Crippen LogP contribution in [0, 0.1) is 20.8 Å². The molecule has 0 radical (unpaired) electrons. The minimum absolute atomic E-state index is 0.000979. The Morgan fingerprint density at radius 3 is 2.52 bits per heavy atom. The number of carbonyl (C=O) groups excluding carboxylic acids is 1. The summed E-state index contributed by atoms with van der Waals surface area (Å²) in [6.45, 7) is 9.08. The predicted octanol–water partition coefficient (Wildman–Crippen LogP) is 3.51. The fourth-order valence-corrected chi connectivity index (χ4v) is 2.54. The Balaban J connectivity index is 1.86. The third-order valence-corrected chi connectivity index (χ3v) is 4.04. The van der Waals surface area contributed by atoms with Crippen molar-refractivity contribution < 1.29 is 9.21 Å². The second kappa shape index (κ2) is 7.47. The number of furan rings is 1. The molecule has 124 valence electrons. The van der Waals surface area contributed by atoms with Gasteiger partial charge in [-0.1, -0.05) is 18.2 Å². The lowest BCUT2D eigenvalue weighted by Gasteiger charge is -2.19. The Hall–Kier alpha value is -2.07. The average Bonchev–Trinajstić information content (AvgIpc) is 2.86. The summed E-state index contributed by atoms with van der Waals surface area (Å²) in [5.41, 5.74) is 3.64. The van der Waals surface area contributed by atoms with Crippen LogP contribution in [0.5, 0.6) is 0 Å². The van der Waals surface area contributed by atoms with Gasteiger partial charge in [0.15, 0.2) is 0 Å². The Morgan fingerprint density at radius 2 is 1.91 bits per heavy atom. The van der Waals surface area contributed by atoms with Crippen molar-refractivity contribution >= 4 is 5.91 Å². The first-order valence-electron chi connectivity index (χ1n) is 7.95. The maximum Gasteiger partial charge on any atom is 0.234 e. The molecule has 0 spiro atoms. The van der Waals surface area contributed by atoms with Crippen molar-refractivity contribution in [3.8, 4) is 0 Å². The molecule has 2 aromatic rings. The first-order valence-corrected chi connectivity index (χ1v) is 7.95. The molecule has 0 unspecified atom stereocenters. The van der Waals surface area contributed by atoms with Gasteiger partial charge >= 0.3 is 0 Å². The molecule has 4 heteroatoms. The van der Waals surface area contributed by atoms with Gasteiger partial charge < -0.3 is 9.73 Å². The molecule has 4 nitrogen and oxygen atoms in total. The summed E-state index contributed by atoms with van der Waals surface area (Å²) >= 11 is 0. The monoisotopic (exact) mass is 314 g/mol. The number of amides is 1. The largest absolute Gasteiger partial charge is 0.465 e. The van der Waals surface area contributed by atoms with Crippen LogP contribution in [-0.2, 0) is 11.3 Å². The summed E-state index contributed by atoms with van der Waals surface area (Å²) < 4.78 is 5.54. The molecule has 1 aromatic heterocycles. The highest BCUT2D eigenvalue weighted by Gasteiger charge is 2.13. The van der Waals surface area contributed by atoms with E-state index in [0.29, 0.717) is 13.1 Å². The maximum absolute atomic E-state index is 12.2. The van der Waals surface area contributed by atoms with Gasteiger partial charge in [-0.05, 0) is 63.6 Å². The molecular formula is C19H26N2O2. The molecule has 1 N–H and O–H groups in total. The Morgan fingerprint density at radius 1 is 1.17 bits per heavy atom. The lowest BCUT2D eigenvalue weighted by Crippen LogP contribution is -2.36. The van der Waals surface area contributed by atoms with Crippen molar-refractivity contribution in [2.24, 2.45) is 0 Å². The Bertz CT molecular complexity index is 676. The number of carbonyl (C=O) groups is 1. The first kappa shape index (κ1) is 17.3. The number of rotatable bonds is 6. The SMILES string of the molecule is Cc1ccc(CN(C)CC(=O)N[C@H](C)c2ccc(C)c(C)c2)o1. The molecule has 1 heterocycles. The number of likely N-dealkylation sites (N-methyl/N-ethyl adjacent to an activating group) is 1. The zero-order valence-electron chi connectivity index (χ0n) is 14.6. The van der Waals surface area contributed by atoms with Gasteiger partial charge in [-0.25, -0.2) is 0 Å². The number of hydrogen-bond donors (Lipinski definition) is 1. The normalized spacial score (nSPS) is 12.4. The van der Waals surface area contributed by atoms with Crippen LogP contribution in [0.2, 0.25) is 0 Å². The zero-order valence-corrected chi connectivity index (χ0v) is 14.6. The first-order chi connectivity index (χ1) is 10.8. The fraction of sp³-hybridized carbons (Fsp3) is 0.421. The molecule has 1 amide bonds. The molecule has 0 saturated carbocycles. The van der Waals surface area contributed by atoms with Crippen molar-refractivity contribution in [1.82, 2.24) is 10.2 Å². The Labute approximate surface area is 138 Å². The minimum Gasteiger partial charge on any atom is -0.465 e. The highest BCUT2D eigenvalue weighted by molar-refractivity contribution is 5.78. The van der Waals surface area contributed by atoms with E-state index >= 15 is 0 Å². The molecule has 2 rings (SSSR count). The van der Waals surface area contributed by atoms with Crippen LogP contribution < -0.4 is 5.32 Å². The van der Waals surface area contributed by atoms with Gasteiger partial charge in [0.2, 0.25) is 5.91 Å². The molecule has 0 aliphatic carbocycles. The number of nitrogens with zero attached hydrogens (tertiary/aromatic N) is 1. The van der Waals surface area contributed by atoms with E-state index < -0.39 is 0 Å². The summed E-state index contributed by atoms with van der Waals surface area (Å²) in [5, 5.41) is 3.05. The molecule has 0 bridgehead atoms. The van der Waals surface area contributed by atoms with Crippen molar-refractivity contribution in [3.63, 3.8) is 0 Å². The quantitative estimate of drug-likeness (QED) is 0.887. The molecule has 0 fully saturated rings. The van der Waals surface area contributed by atoms with Crippen LogP contribution >= 0.6 is 0 Å². The molecule has 0 aliphatic heterocycles. The number of hydrogen-bond acceptors (Lipinski definition) is 3. The second-order valence-electron chi connectivity index (χ2n) is 6.32. The average molecular weight is 314 g/mol. The molecule has 1 atom stereocenters. The third-order valence-electron chi connectivity index (χ3n) is 4.04. The minimum atomic E-state index is 0.000979. The van der Waals surface area contributed by atoms with Crippen molar-refractivity contribution in [2.45, 2.75) is 40.3 Å². The van der Waals surface area contributed by atoms with E-state index in [9.17, 15) is 4.79 Å². The van der Waals surface area contributed by atoms with Gasteiger partial charge in [0, 0.05) is 0 Å². The van der Waals surface area contributed by atoms with E-state index in [1.165, 1.54) is 11.1 Å². The van der Waals surface area contributed by atoms with Gasteiger partial charge in [0.25, 0.3) is 0 Å². The van der Waals surface area contributed by atoms with E-state index in [-0.39, 0.29) is 11.9 Å². The summed E-state index contributed by atoms with van der Waals surface area (Å²) in [7, 11) is 1.91. The number of aryl methyl sites for hydroxylation is 3. The molecule has 0 aliphatic rings. The van der Waals surface area contributed by atoms with Gasteiger partial charge in [0.1, 0.15) is 11.5 Å². The third kappa shape index (κ3) is 4.96. The summed E-state index contributed by atoms with van der Waals surface area (Å²) in [5.74, 6) is 1.78. The van der Waals surface area contributed by atoms with Crippen LogP contribution in [0.4, 0.5) is 0 Å². The predicted molar refractivity (Wildman–Crippen MR) is 92.3 cm³/mol. The van der Waals surface area contributed by atoms with E-state index in [1.54, 1.807) is 0 Å². The standard InChI is InChI=1S/C19H26N2O2/c1-13-6-8-17(10-14(13)2)16(4)20-19(22)12-21(5)11-18-9-7-15(3)23-18/h6-10,16H,11-12H2,1-5H3,(H,20,22)/t16-/m1/s1. The van der Waals surface area contributed by atoms with Crippen LogP contribution in [0.3, 0.4) is 0 Å². The van der Waals surface area contributed by atoms with Crippen LogP contribution in [0.1, 0.15) is 41.2 Å². The maximum atomic E-state index is 12.2. The van der Waals surface area contributed by atoms with Crippen LogP contribution in [0.25, 0.3) is 0 Å². The molecular weight excluding hydrogens is 288 g/mol. The Kier molecular flexibility index (Phi) is 5.61. The van der Waals surface area contributed by atoms with Crippen LogP contribution in [-0.4, -0.2) is 24.4 Å². The van der Waals surface area contributed by atoms with Crippen LogP contribution in [0.15, 0.2) is 34.7 Å². The van der Waals surface area contributed by atoms with Gasteiger partial charge in [-0.3, -0.25) is 9.69 Å². The van der Waals surface area contributed by atoms with E-state index in [1.807, 2.05) is 37.9 Å². The molecule has 1 aromatic carbocycles. The topological polar surface area (TPSA) is 45.5 Å². The van der Waals surface area contributed by atoms with Gasteiger partial charge in [0.05, 0.1) is 19.1 Å². The van der Waals surface area contributed by atoms with E-state index in [4.69, 9.17) is 4.42 Å².